The molecule has 1 aliphatic rings. The number of nitro benzene ring substituents is 1. The molecule has 6 heteroatoms. The van der Waals surface area contributed by atoms with Crippen molar-refractivity contribution in [2.45, 2.75) is 25.7 Å². The minimum atomic E-state index is -0.357. The molecule has 0 atom stereocenters. The second kappa shape index (κ2) is 8.22. The minimum absolute atomic E-state index is 0.0766. The van der Waals surface area contributed by atoms with Crippen molar-refractivity contribution in [2.75, 3.05) is 18.0 Å². The second-order valence-electron chi connectivity index (χ2n) is 7.94. The lowest BCUT2D eigenvalue weighted by Crippen LogP contribution is -2.25. The van der Waals surface area contributed by atoms with Gasteiger partial charge >= 0.3 is 0 Å². The normalized spacial score (nSPS) is 15.0. The number of aliphatic imine (C=N–C) groups is 1. The van der Waals surface area contributed by atoms with E-state index in [0.29, 0.717) is 0 Å². The smallest absolute Gasteiger partial charge is 0.270 e. The third-order valence-corrected chi connectivity index (χ3v) is 5.88. The van der Waals surface area contributed by atoms with Gasteiger partial charge < -0.3 is 9.32 Å². The lowest BCUT2D eigenvalue weighted by atomic mass is 10.1. The van der Waals surface area contributed by atoms with Gasteiger partial charge in [-0.3, -0.25) is 15.1 Å². The van der Waals surface area contributed by atoms with Crippen molar-refractivity contribution in [3.05, 3.63) is 76.3 Å². The number of fused-ring (bicyclic) bond motifs is 3. The number of non-ortho nitro benzene ring substituents is 1. The summed E-state index contributed by atoms with van der Waals surface area (Å²) in [5.74, 6) is 0. The highest BCUT2D eigenvalue weighted by Gasteiger charge is 2.16. The molecular weight excluding hydrogens is 390 g/mol. The zero-order valence-corrected chi connectivity index (χ0v) is 17.2. The molecule has 0 radical (unpaired) electrons. The van der Waals surface area contributed by atoms with Crippen LogP contribution in [0.3, 0.4) is 0 Å². The molecule has 3 aromatic carbocycles. The molecule has 2 heterocycles. The number of para-hydroxylation sites is 1. The molecule has 31 heavy (non-hydrogen) atoms. The summed E-state index contributed by atoms with van der Waals surface area (Å²) >= 11 is 0. The van der Waals surface area contributed by atoms with E-state index in [1.54, 1.807) is 18.3 Å². The fraction of sp³-hybridized carbons (Fsp3) is 0.240. The maximum atomic E-state index is 11.3. The molecule has 0 saturated carbocycles. The molecule has 0 N–H and O–H groups in total. The van der Waals surface area contributed by atoms with Crippen molar-refractivity contribution < 1.29 is 9.34 Å². The fourth-order valence-electron chi connectivity index (χ4n) is 4.30. The van der Waals surface area contributed by atoms with Crippen LogP contribution in [0.2, 0.25) is 0 Å². The van der Waals surface area contributed by atoms with Crippen LogP contribution in [-0.4, -0.2) is 24.2 Å². The van der Waals surface area contributed by atoms with Gasteiger partial charge in [0.25, 0.3) is 5.69 Å². The first-order chi connectivity index (χ1) is 15.2. The summed E-state index contributed by atoms with van der Waals surface area (Å²) < 4.78 is 5.96. The molecule has 0 bridgehead atoms. The van der Waals surface area contributed by atoms with E-state index in [9.17, 15) is 10.1 Å². The van der Waals surface area contributed by atoms with Crippen molar-refractivity contribution >= 4 is 45.2 Å². The lowest BCUT2D eigenvalue weighted by Gasteiger charge is -2.24. The molecule has 0 unspecified atom stereocenters. The molecule has 0 spiro atoms. The van der Waals surface area contributed by atoms with Gasteiger partial charge in [-0.25, -0.2) is 0 Å². The number of benzene rings is 3. The van der Waals surface area contributed by atoms with Crippen LogP contribution < -0.4 is 4.90 Å². The summed E-state index contributed by atoms with van der Waals surface area (Å²) in [6, 6.07) is 18.9. The van der Waals surface area contributed by atoms with Crippen LogP contribution in [0, 0.1) is 10.1 Å². The van der Waals surface area contributed by atoms with E-state index < -0.39 is 0 Å². The van der Waals surface area contributed by atoms with E-state index in [2.05, 4.69) is 9.89 Å². The molecule has 0 amide bonds. The van der Waals surface area contributed by atoms with E-state index in [0.717, 1.165) is 64.8 Å². The van der Waals surface area contributed by atoms with Crippen LogP contribution >= 0.6 is 0 Å². The first kappa shape index (κ1) is 19.3. The van der Waals surface area contributed by atoms with Gasteiger partial charge in [-0.1, -0.05) is 31.0 Å². The van der Waals surface area contributed by atoms with Crippen molar-refractivity contribution in [1.82, 2.24) is 0 Å². The van der Waals surface area contributed by atoms with Gasteiger partial charge in [0, 0.05) is 59.5 Å². The molecule has 1 saturated heterocycles. The molecule has 1 aromatic heterocycles. The zero-order valence-electron chi connectivity index (χ0n) is 17.2. The number of furan rings is 1. The number of hydrogen-bond acceptors (Lipinski definition) is 5. The fourth-order valence-corrected chi connectivity index (χ4v) is 4.30. The van der Waals surface area contributed by atoms with E-state index in [1.165, 1.54) is 12.8 Å². The summed E-state index contributed by atoms with van der Waals surface area (Å²) in [5, 5.41) is 13.5. The Morgan fingerprint density at radius 3 is 2.48 bits per heavy atom. The summed E-state index contributed by atoms with van der Waals surface area (Å²) in [7, 11) is 0. The maximum Gasteiger partial charge on any atom is 0.270 e. The van der Waals surface area contributed by atoms with E-state index in [-0.39, 0.29) is 10.6 Å². The van der Waals surface area contributed by atoms with Crippen LogP contribution in [0.25, 0.3) is 21.9 Å². The molecule has 5 rings (SSSR count). The highest BCUT2D eigenvalue weighted by molar-refractivity contribution is 6.05. The largest absolute Gasteiger partial charge is 0.456 e. The van der Waals surface area contributed by atoms with E-state index in [1.807, 2.05) is 48.5 Å². The third kappa shape index (κ3) is 3.89. The predicted molar refractivity (Wildman–Crippen MR) is 125 cm³/mol. The van der Waals surface area contributed by atoms with Gasteiger partial charge in [0.2, 0.25) is 0 Å². The SMILES string of the molecule is O=[N+]([O-])c1ccc(N2CCCCCC2)c(C=Nc2ccc3c(c2)oc2ccccc23)c1. The van der Waals surface area contributed by atoms with Gasteiger partial charge in [0.05, 0.1) is 10.6 Å². The number of hydrogen-bond donors (Lipinski definition) is 0. The molecule has 1 aliphatic heterocycles. The highest BCUT2D eigenvalue weighted by atomic mass is 16.6. The van der Waals surface area contributed by atoms with Crippen molar-refractivity contribution in [3.8, 4) is 0 Å². The third-order valence-electron chi connectivity index (χ3n) is 5.88. The summed E-state index contributed by atoms with van der Waals surface area (Å²) in [4.78, 5) is 17.9. The predicted octanol–water partition coefficient (Wildman–Crippen LogP) is 6.63. The summed E-state index contributed by atoms with van der Waals surface area (Å²) in [5.41, 5.74) is 4.22. The summed E-state index contributed by atoms with van der Waals surface area (Å²) in [6.07, 6.45) is 6.46. The van der Waals surface area contributed by atoms with Crippen LogP contribution in [-0.2, 0) is 0 Å². The number of nitro groups is 1. The Morgan fingerprint density at radius 2 is 1.68 bits per heavy atom. The van der Waals surface area contributed by atoms with Crippen molar-refractivity contribution in [1.29, 1.82) is 0 Å². The quantitative estimate of drug-likeness (QED) is 0.214. The molecule has 1 fully saturated rings. The Morgan fingerprint density at radius 1 is 0.903 bits per heavy atom. The van der Waals surface area contributed by atoms with Gasteiger partial charge in [-0.05, 0) is 37.1 Å². The Balaban J connectivity index is 1.52. The first-order valence-electron chi connectivity index (χ1n) is 10.7. The first-order valence-corrected chi connectivity index (χ1v) is 10.7. The number of nitrogens with zero attached hydrogens (tertiary/aromatic N) is 3. The van der Waals surface area contributed by atoms with Crippen LogP contribution in [0.5, 0.6) is 0 Å². The molecule has 4 aromatic rings. The maximum absolute atomic E-state index is 11.3. The van der Waals surface area contributed by atoms with Gasteiger partial charge in [-0.15, -0.1) is 0 Å². The molecule has 156 valence electrons. The van der Waals surface area contributed by atoms with E-state index in [4.69, 9.17) is 4.42 Å². The van der Waals surface area contributed by atoms with Crippen LogP contribution in [0.15, 0.2) is 70.1 Å². The second-order valence-corrected chi connectivity index (χ2v) is 7.94. The minimum Gasteiger partial charge on any atom is -0.456 e. The zero-order chi connectivity index (χ0) is 21.2. The van der Waals surface area contributed by atoms with Gasteiger partial charge in [0.1, 0.15) is 11.2 Å². The van der Waals surface area contributed by atoms with Crippen LogP contribution in [0.1, 0.15) is 31.2 Å². The molecular formula is C25H23N3O3. The highest BCUT2D eigenvalue weighted by Crippen LogP contribution is 2.32. The lowest BCUT2D eigenvalue weighted by molar-refractivity contribution is -0.384. The van der Waals surface area contributed by atoms with Crippen LogP contribution in [0.4, 0.5) is 17.1 Å². The summed E-state index contributed by atoms with van der Waals surface area (Å²) in [6.45, 7) is 1.92. The van der Waals surface area contributed by atoms with Gasteiger partial charge in [0.15, 0.2) is 0 Å². The Kier molecular flexibility index (Phi) is 5.12. The molecule has 6 nitrogen and oxygen atoms in total. The Hall–Kier alpha value is -3.67. The topological polar surface area (TPSA) is 71.9 Å². The standard InChI is InChI=1S/C25H23N3O3/c29-28(30)20-10-12-23(27-13-5-1-2-6-14-27)18(15-20)17-26-19-9-11-22-21-7-3-4-8-24(21)31-25(22)16-19/h3-4,7-12,15-17H,1-2,5-6,13-14H2. The Bertz CT molecular complexity index is 1280. The average molecular weight is 413 g/mol. The van der Waals surface area contributed by atoms with Crippen molar-refractivity contribution in [3.63, 3.8) is 0 Å². The Labute approximate surface area is 180 Å². The van der Waals surface area contributed by atoms with E-state index >= 15 is 0 Å². The number of rotatable bonds is 4. The average Bonchev–Trinajstić information content (AvgIpc) is 2.95. The number of anilines is 1. The van der Waals surface area contributed by atoms with Gasteiger partial charge in [-0.2, -0.15) is 0 Å². The monoisotopic (exact) mass is 413 g/mol. The van der Waals surface area contributed by atoms with Crippen molar-refractivity contribution in [2.24, 2.45) is 4.99 Å². The molecule has 0 aliphatic carbocycles.